The van der Waals surface area contributed by atoms with Gasteiger partial charge in [0.2, 0.25) is 11.8 Å². The van der Waals surface area contributed by atoms with Crippen molar-refractivity contribution in [2.45, 2.75) is 82.8 Å². The molecule has 1 saturated carbocycles. The molecule has 0 aliphatic heterocycles. The third-order valence-corrected chi connectivity index (χ3v) is 10.9. The Morgan fingerprint density at radius 2 is 1.61 bits per heavy atom. The van der Waals surface area contributed by atoms with E-state index >= 15 is 0 Å². The van der Waals surface area contributed by atoms with E-state index in [1.807, 2.05) is 13.8 Å². The van der Waals surface area contributed by atoms with Crippen LogP contribution in [0.5, 0.6) is 0 Å². The van der Waals surface area contributed by atoms with Gasteiger partial charge in [0.15, 0.2) is 0 Å². The molecule has 1 aliphatic carbocycles. The van der Waals surface area contributed by atoms with E-state index in [9.17, 15) is 18.0 Å². The van der Waals surface area contributed by atoms with Crippen molar-refractivity contribution in [1.29, 1.82) is 0 Å². The average Bonchev–Trinajstić information content (AvgIpc) is 2.99. The number of aryl methyl sites for hydroxylation is 1. The van der Waals surface area contributed by atoms with Crippen LogP contribution in [0.3, 0.4) is 0 Å². The van der Waals surface area contributed by atoms with Gasteiger partial charge in [0.05, 0.1) is 10.6 Å². The van der Waals surface area contributed by atoms with Gasteiger partial charge < -0.3 is 10.2 Å². The third-order valence-electron chi connectivity index (χ3n) is 8.09. The van der Waals surface area contributed by atoms with Gasteiger partial charge in [-0.25, -0.2) is 8.42 Å². The van der Waals surface area contributed by atoms with Crippen LogP contribution in [0.2, 0.25) is 15.1 Å². The van der Waals surface area contributed by atoms with Gasteiger partial charge in [0.25, 0.3) is 10.0 Å². The Labute approximate surface area is 275 Å². The molecule has 7 nitrogen and oxygen atoms in total. The Balaban J connectivity index is 1.76. The zero-order valence-corrected chi connectivity index (χ0v) is 28.2. The van der Waals surface area contributed by atoms with Crippen molar-refractivity contribution in [3.8, 4) is 0 Å². The summed E-state index contributed by atoms with van der Waals surface area (Å²) >= 11 is 19.1. The van der Waals surface area contributed by atoms with Gasteiger partial charge in [0.1, 0.15) is 12.6 Å². The number of hydrogen-bond donors (Lipinski definition) is 1. The molecule has 0 heterocycles. The minimum absolute atomic E-state index is 0.0155. The number of amides is 2. The molecule has 236 valence electrons. The lowest BCUT2D eigenvalue weighted by molar-refractivity contribution is -0.140. The summed E-state index contributed by atoms with van der Waals surface area (Å²) in [7, 11) is -4.22. The smallest absolute Gasteiger partial charge is 0.264 e. The van der Waals surface area contributed by atoms with Gasteiger partial charge in [-0.2, -0.15) is 0 Å². The van der Waals surface area contributed by atoms with Crippen LogP contribution in [0.25, 0.3) is 0 Å². The van der Waals surface area contributed by atoms with Crippen molar-refractivity contribution < 1.29 is 18.0 Å². The summed E-state index contributed by atoms with van der Waals surface area (Å²) in [5, 5.41) is 4.28. The number of nitrogens with zero attached hydrogens (tertiary/aromatic N) is 2. The van der Waals surface area contributed by atoms with Crippen LogP contribution >= 0.6 is 34.8 Å². The van der Waals surface area contributed by atoms with Gasteiger partial charge in [0, 0.05) is 27.7 Å². The molecule has 0 radical (unpaired) electrons. The molecule has 0 spiro atoms. The maximum Gasteiger partial charge on any atom is 0.264 e. The summed E-state index contributed by atoms with van der Waals surface area (Å²) in [5.74, 6) is -0.832. The molecule has 2 amide bonds. The van der Waals surface area contributed by atoms with Crippen molar-refractivity contribution in [2.75, 3.05) is 10.8 Å². The second-order valence-electron chi connectivity index (χ2n) is 11.2. The molecule has 1 N–H and O–H groups in total. The molecule has 4 rings (SSSR count). The summed E-state index contributed by atoms with van der Waals surface area (Å²) in [6.45, 7) is 4.82. The molecule has 1 atom stereocenters. The minimum Gasteiger partial charge on any atom is -0.352 e. The fourth-order valence-corrected chi connectivity index (χ4v) is 7.62. The normalized spacial score (nSPS) is 14.6. The molecular formula is C33H38Cl3N3O4S. The first-order valence-corrected chi connectivity index (χ1v) is 17.4. The molecule has 0 bridgehead atoms. The summed E-state index contributed by atoms with van der Waals surface area (Å²) in [5.41, 5.74) is 2.26. The van der Waals surface area contributed by atoms with Crippen LogP contribution in [0, 0.1) is 13.8 Å². The van der Waals surface area contributed by atoms with E-state index in [0.717, 1.165) is 42.0 Å². The number of anilines is 1. The highest BCUT2D eigenvalue weighted by Crippen LogP contribution is 2.32. The first kappa shape index (κ1) is 34.1. The Bertz CT molecular complexity index is 1590. The quantitative estimate of drug-likeness (QED) is 0.225. The summed E-state index contributed by atoms with van der Waals surface area (Å²) in [6, 6.07) is 15.5. The highest BCUT2D eigenvalue weighted by Gasteiger charge is 2.35. The maximum atomic E-state index is 14.4. The van der Waals surface area contributed by atoms with Crippen LogP contribution in [-0.4, -0.2) is 43.8 Å². The molecule has 0 aromatic heterocycles. The van der Waals surface area contributed by atoms with Crippen molar-refractivity contribution in [2.24, 2.45) is 0 Å². The van der Waals surface area contributed by atoms with E-state index in [1.165, 1.54) is 17.0 Å². The van der Waals surface area contributed by atoms with Crippen LogP contribution in [0.1, 0.15) is 62.1 Å². The summed E-state index contributed by atoms with van der Waals surface area (Å²) in [4.78, 5) is 29.5. The molecule has 11 heteroatoms. The van der Waals surface area contributed by atoms with Gasteiger partial charge in [-0.3, -0.25) is 13.9 Å². The highest BCUT2D eigenvalue weighted by atomic mass is 35.5. The lowest BCUT2D eigenvalue weighted by Crippen LogP contribution is -2.54. The standard InChI is InChI=1S/C33H38Cl3N3O4S/c1-4-30(33(41)37-26-9-6-5-7-10-26)38(20-24-15-16-25(34)19-29(24)36)32(40)21-39(31-12-8-11-28(35)23(31)3)44(42,43)27-17-13-22(2)14-18-27/h8,11-19,26,30H,4-7,9-10,20-21H2,1-3H3,(H,37,41)/t30-/m0/s1. The predicted molar refractivity (Wildman–Crippen MR) is 178 cm³/mol. The Hall–Kier alpha value is -2.78. The van der Waals surface area contributed by atoms with E-state index in [1.54, 1.807) is 55.5 Å². The summed E-state index contributed by atoms with van der Waals surface area (Å²) < 4.78 is 29.4. The second-order valence-corrected chi connectivity index (χ2v) is 14.3. The fourth-order valence-electron chi connectivity index (χ4n) is 5.51. The first-order valence-electron chi connectivity index (χ1n) is 14.8. The number of carbonyl (C=O) groups excluding carboxylic acids is 2. The van der Waals surface area contributed by atoms with Crippen LogP contribution < -0.4 is 9.62 Å². The molecule has 1 aliphatic rings. The second kappa shape index (κ2) is 15.0. The maximum absolute atomic E-state index is 14.4. The Morgan fingerprint density at radius 1 is 0.932 bits per heavy atom. The molecule has 3 aromatic rings. The average molecular weight is 679 g/mol. The van der Waals surface area contributed by atoms with Gasteiger partial charge in [-0.15, -0.1) is 0 Å². The largest absolute Gasteiger partial charge is 0.352 e. The molecule has 3 aromatic carbocycles. The fraction of sp³-hybridized carbons (Fsp3) is 0.394. The van der Waals surface area contributed by atoms with E-state index in [4.69, 9.17) is 34.8 Å². The first-order chi connectivity index (χ1) is 20.9. The number of halogens is 3. The highest BCUT2D eigenvalue weighted by molar-refractivity contribution is 7.92. The van der Waals surface area contributed by atoms with Gasteiger partial charge >= 0.3 is 0 Å². The van der Waals surface area contributed by atoms with E-state index in [2.05, 4.69) is 5.32 Å². The number of rotatable bonds is 11. The number of carbonyl (C=O) groups is 2. The van der Waals surface area contributed by atoms with Crippen molar-refractivity contribution >= 4 is 62.3 Å². The van der Waals surface area contributed by atoms with Crippen LogP contribution in [0.4, 0.5) is 5.69 Å². The summed E-state index contributed by atoms with van der Waals surface area (Å²) in [6.07, 6.45) is 5.30. The lowest BCUT2D eigenvalue weighted by atomic mass is 9.95. The molecular weight excluding hydrogens is 641 g/mol. The van der Waals surface area contributed by atoms with Crippen molar-refractivity contribution in [3.05, 3.63) is 92.4 Å². The van der Waals surface area contributed by atoms with Gasteiger partial charge in [-0.1, -0.05) is 90.8 Å². The number of sulfonamides is 1. The monoisotopic (exact) mass is 677 g/mol. The van der Waals surface area contributed by atoms with Crippen molar-refractivity contribution in [1.82, 2.24) is 10.2 Å². The minimum atomic E-state index is -4.22. The van der Waals surface area contributed by atoms with Crippen LogP contribution in [-0.2, 0) is 26.2 Å². The van der Waals surface area contributed by atoms with Crippen LogP contribution in [0.15, 0.2) is 65.6 Å². The Morgan fingerprint density at radius 3 is 2.25 bits per heavy atom. The van der Waals surface area contributed by atoms with Crippen molar-refractivity contribution in [3.63, 3.8) is 0 Å². The number of nitrogens with one attached hydrogen (secondary N) is 1. The van der Waals surface area contributed by atoms with E-state index in [-0.39, 0.29) is 29.1 Å². The van der Waals surface area contributed by atoms with E-state index < -0.39 is 28.5 Å². The SMILES string of the molecule is CC[C@@H](C(=O)NC1CCCCC1)N(Cc1ccc(Cl)cc1Cl)C(=O)CN(c1cccc(Cl)c1C)S(=O)(=O)c1ccc(C)cc1. The number of benzene rings is 3. The molecule has 1 fully saturated rings. The molecule has 44 heavy (non-hydrogen) atoms. The molecule has 0 unspecified atom stereocenters. The predicted octanol–water partition coefficient (Wildman–Crippen LogP) is 7.72. The zero-order chi connectivity index (χ0) is 32.0. The van der Waals surface area contributed by atoms with Gasteiger partial charge in [-0.05, 0) is 80.6 Å². The zero-order valence-electron chi connectivity index (χ0n) is 25.2. The lowest BCUT2D eigenvalue weighted by Gasteiger charge is -2.35. The number of hydrogen-bond acceptors (Lipinski definition) is 4. The molecule has 0 saturated heterocycles. The van der Waals surface area contributed by atoms with E-state index in [0.29, 0.717) is 32.6 Å². The Kier molecular flexibility index (Phi) is 11.6. The third kappa shape index (κ3) is 8.08. The topological polar surface area (TPSA) is 86.8 Å².